The van der Waals surface area contributed by atoms with Crippen molar-refractivity contribution >= 4 is 21.6 Å². The van der Waals surface area contributed by atoms with E-state index >= 15 is 0 Å². The molecule has 1 aromatic carbocycles. The van der Waals surface area contributed by atoms with Gasteiger partial charge < -0.3 is 9.80 Å². The van der Waals surface area contributed by atoms with E-state index in [9.17, 15) is 13.2 Å². The van der Waals surface area contributed by atoms with Crippen LogP contribution in [0.3, 0.4) is 0 Å². The Labute approximate surface area is 207 Å². The molecule has 0 N–H and O–H groups in total. The van der Waals surface area contributed by atoms with Crippen LogP contribution in [-0.4, -0.2) is 77.6 Å². The van der Waals surface area contributed by atoms with E-state index in [1.807, 2.05) is 55.5 Å². The average Bonchev–Trinajstić information content (AvgIpc) is 3.18. The first kappa shape index (κ1) is 24.9. The Morgan fingerprint density at radius 2 is 1.63 bits per heavy atom. The van der Waals surface area contributed by atoms with Crippen LogP contribution in [0, 0.1) is 13.8 Å². The van der Waals surface area contributed by atoms with Gasteiger partial charge in [-0.1, -0.05) is 19.9 Å². The molecule has 4 rings (SSSR count). The summed E-state index contributed by atoms with van der Waals surface area (Å²) in [5.41, 5.74) is 3.52. The summed E-state index contributed by atoms with van der Waals surface area (Å²) in [4.78, 5) is 21.8. The highest BCUT2D eigenvalue weighted by Crippen LogP contribution is 2.27. The SMILES string of the molecule is CCN(CC)S(=O)(=O)c1ccc(C(=O)N2CCN(c3c(C)nn(-c4ccccn4)c3C)CC2)cc1. The lowest BCUT2D eigenvalue weighted by molar-refractivity contribution is 0.0746. The average molecular weight is 497 g/mol. The Morgan fingerprint density at radius 3 is 2.20 bits per heavy atom. The number of anilines is 1. The van der Waals surface area contributed by atoms with Crippen molar-refractivity contribution in [3.05, 3.63) is 65.6 Å². The number of hydrogen-bond donors (Lipinski definition) is 0. The van der Waals surface area contributed by atoms with Gasteiger partial charge in [0.2, 0.25) is 10.0 Å². The molecule has 35 heavy (non-hydrogen) atoms. The Kier molecular flexibility index (Phi) is 7.23. The molecule has 1 fully saturated rings. The molecule has 1 aliphatic heterocycles. The fourth-order valence-electron chi connectivity index (χ4n) is 4.59. The summed E-state index contributed by atoms with van der Waals surface area (Å²) in [6.07, 6.45) is 1.75. The van der Waals surface area contributed by atoms with Gasteiger partial charge in [0.15, 0.2) is 5.82 Å². The summed E-state index contributed by atoms with van der Waals surface area (Å²) < 4.78 is 28.7. The summed E-state index contributed by atoms with van der Waals surface area (Å²) in [5.74, 6) is 0.689. The van der Waals surface area contributed by atoms with Crippen molar-refractivity contribution in [3.63, 3.8) is 0 Å². The number of nitrogens with zero attached hydrogens (tertiary/aromatic N) is 6. The first-order valence-corrected chi connectivity index (χ1v) is 13.3. The molecule has 3 aromatic rings. The number of amides is 1. The maximum atomic E-state index is 13.1. The molecule has 0 saturated carbocycles. The lowest BCUT2D eigenvalue weighted by Crippen LogP contribution is -2.49. The standard InChI is InChI=1S/C25H32N6O3S/c1-5-30(6-2)35(33,34)22-12-10-21(11-13-22)25(32)29-17-15-28(16-18-29)24-19(3)27-31(20(24)4)23-9-7-8-14-26-23/h7-14H,5-6,15-18H2,1-4H3. The highest BCUT2D eigenvalue weighted by atomic mass is 32.2. The van der Waals surface area contributed by atoms with E-state index < -0.39 is 10.0 Å². The summed E-state index contributed by atoms with van der Waals surface area (Å²) in [5, 5.41) is 4.69. The van der Waals surface area contributed by atoms with Crippen molar-refractivity contribution in [1.82, 2.24) is 24.0 Å². The zero-order chi connectivity index (χ0) is 25.2. The molecule has 10 heteroatoms. The molecule has 1 saturated heterocycles. The van der Waals surface area contributed by atoms with Gasteiger partial charge in [-0.3, -0.25) is 4.79 Å². The highest BCUT2D eigenvalue weighted by molar-refractivity contribution is 7.89. The third-order valence-electron chi connectivity index (χ3n) is 6.45. The number of carbonyl (C=O) groups is 1. The van der Waals surface area contributed by atoms with Gasteiger partial charge in [-0.05, 0) is 50.2 Å². The van der Waals surface area contributed by atoms with Crippen molar-refractivity contribution in [2.45, 2.75) is 32.6 Å². The summed E-state index contributed by atoms with van der Waals surface area (Å²) in [6.45, 7) is 11.0. The van der Waals surface area contributed by atoms with Gasteiger partial charge in [0.1, 0.15) is 0 Å². The Morgan fingerprint density at radius 1 is 0.971 bits per heavy atom. The minimum absolute atomic E-state index is 0.0888. The van der Waals surface area contributed by atoms with Crippen molar-refractivity contribution in [3.8, 4) is 5.82 Å². The highest BCUT2D eigenvalue weighted by Gasteiger charge is 2.27. The topological polar surface area (TPSA) is 91.6 Å². The van der Waals surface area contributed by atoms with Gasteiger partial charge in [-0.2, -0.15) is 9.40 Å². The van der Waals surface area contributed by atoms with Crippen LogP contribution in [-0.2, 0) is 10.0 Å². The van der Waals surface area contributed by atoms with E-state index in [1.54, 1.807) is 18.3 Å². The number of rotatable bonds is 7. The Hall–Kier alpha value is -3.24. The Balaban J connectivity index is 1.44. The number of sulfonamides is 1. The lowest BCUT2D eigenvalue weighted by Gasteiger charge is -2.36. The van der Waals surface area contributed by atoms with Crippen molar-refractivity contribution in [2.24, 2.45) is 0 Å². The maximum absolute atomic E-state index is 13.1. The molecule has 9 nitrogen and oxygen atoms in total. The molecule has 1 amide bonds. The molecule has 1 aliphatic rings. The molecule has 0 atom stereocenters. The quantitative estimate of drug-likeness (QED) is 0.500. The van der Waals surface area contributed by atoms with E-state index in [1.165, 1.54) is 16.4 Å². The van der Waals surface area contributed by atoms with Crippen LogP contribution in [0.5, 0.6) is 0 Å². The first-order valence-electron chi connectivity index (χ1n) is 11.9. The van der Waals surface area contributed by atoms with Crippen molar-refractivity contribution in [1.29, 1.82) is 0 Å². The molecule has 3 heterocycles. The lowest BCUT2D eigenvalue weighted by atomic mass is 10.1. The molecule has 0 bridgehead atoms. The van der Waals surface area contributed by atoms with E-state index in [-0.39, 0.29) is 10.8 Å². The smallest absolute Gasteiger partial charge is 0.253 e. The van der Waals surface area contributed by atoms with Crippen LogP contribution in [0.4, 0.5) is 5.69 Å². The number of aromatic nitrogens is 3. The van der Waals surface area contributed by atoms with Gasteiger partial charge >= 0.3 is 0 Å². The number of carbonyl (C=O) groups excluding carboxylic acids is 1. The minimum Gasteiger partial charge on any atom is -0.365 e. The molecule has 186 valence electrons. The summed E-state index contributed by atoms with van der Waals surface area (Å²) in [6, 6.07) is 12.0. The predicted octanol–water partition coefficient (Wildman–Crippen LogP) is 2.88. The van der Waals surface area contributed by atoms with Crippen LogP contribution in [0.2, 0.25) is 0 Å². The van der Waals surface area contributed by atoms with E-state index in [0.717, 1.165) is 22.9 Å². The van der Waals surface area contributed by atoms with Crippen molar-refractivity contribution < 1.29 is 13.2 Å². The third kappa shape index (κ3) is 4.81. The molecule has 0 unspecified atom stereocenters. The Bertz CT molecular complexity index is 1280. The van der Waals surface area contributed by atoms with Crippen LogP contribution < -0.4 is 4.90 Å². The first-order chi connectivity index (χ1) is 16.8. The fourth-order valence-corrected chi connectivity index (χ4v) is 6.05. The second-order valence-electron chi connectivity index (χ2n) is 8.51. The van der Waals surface area contributed by atoms with Gasteiger partial charge in [-0.15, -0.1) is 0 Å². The molecule has 0 radical (unpaired) electrons. The molecular formula is C25H32N6O3S. The second kappa shape index (κ2) is 10.2. The summed E-state index contributed by atoms with van der Waals surface area (Å²) >= 11 is 0. The monoisotopic (exact) mass is 496 g/mol. The van der Waals surface area contributed by atoms with Crippen molar-refractivity contribution in [2.75, 3.05) is 44.2 Å². The normalized spacial score (nSPS) is 14.5. The van der Waals surface area contributed by atoms with Gasteiger partial charge in [0.05, 0.1) is 22.0 Å². The van der Waals surface area contributed by atoms with Crippen LogP contribution in [0.15, 0.2) is 53.6 Å². The molecule has 0 spiro atoms. The number of pyridine rings is 1. The molecule has 0 aliphatic carbocycles. The number of piperazine rings is 1. The van der Waals surface area contributed by atoms with Crippen LogP contribution in [0.25, 0.3) is 5.82 Å². The minimum atomic E-state index is -3.54. The van der Waals surface area contributed by atoms with Gasteiger partial charge in [0, 0.05) is 51.0 Å². The number of aryl methyl sites for hydroxylation is 1. The summed E-state index contributed by atoms with van der Waals surface area (Å²) in [7, 11) is -3.54. The maximum Gasteiger partial charge on any atom is 0.253 e. The van der Waals surface area contributed by atoms with E-state index in [0.29, 0.717) is 44.8 Å². The van der Waals surface area contributed by atoms with Crippen LogP contribution in [0.1, 0.15) is 35.6 Å². The second-order valence-corrected chi connectivity index (χ2v) is 10.5. The zero-order valence-corrected chi connectivity index (χ0v) is 21.5. The molecular weight excluding hydrogens is 464 g/mol. The van der Waals surface area contributed by atoms with Crippen LogP contribution >= 0.6 is 0 Å². The predicted molar refractivity (Wildman–Crippen MR) is 135 cm³/mol. The number of hydrogen-bond acceptors (Lipinski definition) is 6. The molecule has 2 aromatic heterocycles. The third-order valence-corrected chi connectivity index (χ3v) is 8.51. The largest absolute Gasteiger partial charge is 0.365 e. The number of benzene rings is 1. The fraction of sp³-hybridized carbons (Fsp3) is 0.400. The van der Waals surface area contributed by atoms with E-state index in [2.05, 4.69) is 15.0 Å². The zero-order valence-electron chi connectivity index (χ0n) is 20.7. The van der Waals surface area contributed by atoms with Gasteiger partial charge in [-0.25, -0.2) is 18.1 Å². The van der Waals surface area contributed by atoms with Gasteiger partial charge in [0.25, 0.3) is 5.91 Å². The van der Waals surface area contributed by atoms with E-state index in [4.69, 9.17) is 0 Å².